The average Bonchev–Trinajstić information content (AvgIpc) is 2.66. The molecule has 0 aliphatic carbocycles. The number of rotatable bonds is 8. The van der Waals surface area contributed by atoms with Crippen molar-refractivity contribution in [3.63, 3.8) is 0 Å². The molecule has 1 amide bonds. The Balaban J connectivity index is 2.27. The number of carbonyl (C=O) groups is 1. The second-order valence-corrected chi connectivity index (χ2v) is 10.4. The predicted molar refractivity (Wildman–Crippen MR) is 123 cm³/mol. The highest BCUT2D eigenvalue weighted by Crippen LogP contribution is 2.27. The second kappa shape index (κ2) is 9.80. The van der Waals surface area contributed by atoms with E-state index in [9.17, 15) is 13.2 Å². The van der Waals surface area contributed by atoms with Crippen molar-refractivity contribution in [2.24, 2.45) is 0 Å². The molecule has 170 valence electrons. The lowest BCUT2D eigenvalue weighted by atomic mass is 10.0. The van der Waals surface area contributed by atoms with E-state index in [0.29, 0.717) is 17.7 Å². The molecule has 0 saturated carbocycles. The van der Waals surface area contributed by atoms with E-state index in [2.05, 4.69) is 10.0 Å². The van der Waals surface area contributed by atoms with Crippen LogP contribution in [0.2, 0.25) is 0 Å². The lowest BCUT2D eigenvalue weighted by Crippen LogP contribution is -2.40. The third-order valence-electron chi connectivity index (χ3n) is 4.78. The lowest BCUT2D eigenvalue weighted by molar-refractivity contribution is 0.0940. The van der Waals surface area contributed by atoms with Crippen LogP contribution in [-0.4, -0.2) is 52.5 Å². The van der Waals surface area contributed by atoms with Gasteiger partial charge in [-0.05, 0) is 65.6 Å². The van der Waals surface area contributed by atoms with Crippen molar-refractivity contribution in [1.29, 1.82) is 0 Å². The maximum absolute atomic E-state index is 13.0. The Morgan fingerprint density at radius 3 is 2.35 bits per heavy atom. The fraction of sp³-hybridized carbons (Fsp3) is 0.435. The number of hydrogen-bond acceptors (Lipinski definition) is 5. The zero-order valence-electron chi connectivity index (χ0n) is 19.3. The first-order valence-electron chi connectivity index (χ1n) is 10.1. The minimum absolute atomic E-state index is 0.0621. The number of sulfonamides is 1. The molecule has 2 aromatic carbocycles. The summed E-state index contributed by atoms with van der Waals surface area (Å²) < 4.78 is 33.4. The van der Waals surface area contributed by atoms with Gasteiger partial charge in [-0.3, -0.25) is 4.79 Å². The predicted octanol–water partition coefficient (Wildman–Crippen LogP) is 3.11. The maximum Gasteiger partial charge on any atom is 0.251 e. The van der Waals surface area contributed by atoms with Gasteiger partial charge in [0.05, 0.1) is 18.0 Å². The van der Waals surface area contributed by atoms with Crippen LogP contribution in [0.4, 0.5) is 0 Å². The van der Waals surface area contributed by atoms with Crippen molar-refractivity contribution < 1.29 is 17.9 Å². The van der Waals surface area contributed by atoms with Crippen molar-refractivity contribution in [2.45, 2.75) is 44.2 Å². The number of carbonyl (C=O) groups excluding carboxylic acids is 1. The van der Waals surface area contributed by atoms with Crippen molar-refractivity contribution in [3.05, 3.63) is 59.2 Å². The van der Waals surface area contributed by atoms with Gasteiger partial charge < -0.3 is 15.0 Å². The van der Waals surface area contributed by atoms with Gasteiger partial charge in [0.2, 0.25) is 10.0 Å². The molecule has 0 aliphatic rings. The number of aryl methyl sites for hydroxylation is 1. The summed E-state index contributed by atoms with van der Waals surface area (Å²) in [7, 11) is 1.73. The van der Waals surface area contributed by atoms with Crippen LogP contribution in [0.1, 0.15) is 48.3 Å². The fourth-order valence-corrected chi connectivity index (χ4v) is 4.72. The third kappa shape index (κ3) is 6.53. The molecule has 1 atom stereocenters. The summed E-state index contributed by atoms with van der Waals surface area (Å²) in [5.74, 6) is 0.417. The van der Waals surface area contributed by atoms with Crippen molar-refractivity contribution in [2.75, 3.05) is 27.7 Å². The number of benzene rings is 2. The molecule has 0 heterocycles. The molecule has 0 radical (unpaired) electrons. The van der Waals surface area contributed by atoms with Crippen LogP contribution in [0.3, 0.4) is 0 Å². The molecule has 0 bridgehead atoms. The number of nitrogens with zero attached hydrogens (tertiary/aromatic N) is 1. The molecular weight excluding hydrogens is 414 g/mol. The van der Waals surface area contributed by atoms with Crippen LogP contribution in [0.15, 0.2) is 47.4 Å². The largest absolute Gasteiger partial charge is 0.496 e. The second-order valence-electron chi connectivity index (χ2n) is 8.76. The van der Waals surface area contributed by atoms with Crippen LogP contribution in [-0.2, 0) is 10.0 Å². The lowest BCUT2D eigenvalue weighted by Gasteiger charge is -2.26. The zero-order valence-corrected chi connectivity index (χ0v) is 20.1. The molecule has 31 heavy (non-hydrogen) atoms. The van der Waals surface area contributed by atoms with Gasteiger partial charge in [-0.1, -0.05) is 24.3 Å². The van der Waals surface area contributed by atoms with Gasteiger partial charge in [-0.2, -0.15) is 0 Å². The van der Waals surface area contributed by atoms with E-state index < -0.39 is 15.6 Å². The molecule has 0 fully saturated rings. The number of amides is 1. The number of likely N-dealkylation sites (N-methyl/N-ethyl adjacent to an activating group) is 1. The number of ether oxygens (including phenoxy) is 1. The van der Waals surface area contributed by atoms with Crippen LogP contribution >= 0.6 is 0 Å². The normalized spacial score (nSPS) is 13.2. The molecular formula is C23H33N3O4S. The molecule has 2 rings (SSSR count). The third-order valence-corrected chi connectivity index (χ3v) is 6.54. The Kier molecular flexibility index (Phi) is 7.86. The van der Waals surface area contributed by atoms with Gasteiger partial charge in [0.25, 0.3) is 5.91 Å². The minimum Gasteiger partial charge on any atom is -0.496 e. The van der Waals surface area contributed by atoms with E-state index in [1.54, 1.807) is 40.9 Å². The Bertz CT molecular complexity index is 1030. The zero-order chi connectivity index (χ0) is 23.4. The summed E-state index contributed by atoms with van der Waals surface area (Å²) in [5.41, 5.74) is 1.36. The Morgan fingerprint density at radius 1 is 1.13 bits per heavy atom. The van der Waals surface area contributed by atoms with Gasteiger partial charge in [-0.15, -0.1) is 0 Å². The van der Waals surface area contributed by atoms with Crippen LogP contribution < -0.4 is 14.8 Å². The number of para-hydroxylation sites is 1. The molecule has 2 aromatic rings. The number of hydrogen-bond donors (Lipinski definition) is 2. The van der Waals surface area contributed by atoms with Gasteiger partial charge in [-0.25, -0.2) is 13.1 Å². The molecule has 0 aliphatic heterocycles. The molecule has 0 saturated heterocycles. The van der Waals surface area contributed by atoms with Gasteiger partial charge >= 0.3 is 0 Å². The van der Waals surface area contributed by atoms with Crippen LogP contribution in [0.25, 0.3) is 0 Å². The summed E-state index contributed by atoms with van der Waals surface area (Å²) in [4.78, 5) is 15.0. The topological polar surface area (TPSA) is 87.7 Å². The van der Waals surface area contributed by atoms with Crippen molar-refractivity contribution >= 4 is 15.9 Å². The minimum atomic E-state index is -3.74. The highest BCUT2D eigenvalue weighted by Gasteiger charge is 2.24. The summed E-state index contributed by atoms with van der Waals surface area (Å²) in [6.45, 7) is 7.43. The summed E-state index contributed by atoms with van der Waals surface area (Å²) >= 11 is 0. The first-order chi connectivity index (χ1) is 14.4. The monoisotopic (exact) mass is 447 g/mol. The first-order valence-corrected chi connectivity index (χ1v) is 11.6. The summed E-state index contributed by atoms with van der Waals surface area (Å²) in [6.07, 6.45) is 0. The molecule has 8 heteroatoms. The van der Waals surface area contributed by atoms with Crippen molar-refractivity contribution in [3.8, 4) is 5.75 Å². The van der Waals surface area contributed by atoms with Gasteiger partial charge in [0.1, 0.15) is 5.75 Å². The van der Waals surface area contributed by atoms with Crippen LogP contribution in [0, 0.1) is 6.92 Å². The van der Waals surface area contributed by atoms with Crippen LogP contribution in [0.5, 0.6) is 5.75 Å². The quantitative estimate of drug-likeness (QED) is 0.649. The van der Waals surface area contributed by atoms with E-state index >= 15 is 0 Å². The Morgan fingerprint density at radius 2 is 1.77 bits per heavy atom. The van der Waals surface area contributed by atoms with E-state index in [-0.39, 0.29) is 16.8 Å². The first kappa shape index (κ1) is 24.8. The maximum atomic E-state index is 13.0. The average molecular weight is 448 g/mol. The molecule has 0 spiro atoms. The van der Waals surface area contributed by atoms with E-state index in [1.807, 2.05) is 43.3 Å². The smallest absolute Gasteiger partial charge is 0.251 e. The van der Waals surface area contributed by atoms with E-state index in [1.165, 1.54) is 12.1 Å². The van der Waals surface area contributed by atoms with E-state index in [4.69, 9.17) is 4.74 Å². The SMILES string of the molecule is COc1ccccc1C(CNC(=O)c1cc(S(=O)(=O)NC(C)(C)C)ccc1C)N(C)C. The van der Waals surface area contributed by atoms with Gasteiger partial charge in [0.15, 0.2) is 0 Å². The number of methoxy groups -OCH3 is 1. The number of nitrogens with one attached hydrogen (secondary N) is 2. The van der Waals surface area contributed by atoms with Crippen molar-refractivity contribution in [1.82, 2.24) is 14.9 Å². The highest BCUT2D eigenvalue weighted by atomic mass is 32.2. The molecule has 0 aromatic heterocycles. The molecule has 1 unspecified atom stereocenters. The molecule has 7 nitrogen and oxygen atoms in total. The fourth-order valence-electron chi connectivity index (χ4n) is 3.27. The Hall–Kier alpha value is -2.42. The highest BCUT2D eigenvalue weighted by molar-refractivity contribution is 7.89. The van der Waals surface area contributed by atoms with Gasteiger partial charge in [0, 0.05) is 23.2 Å². The standard InChI is InChI=1S/C23H33N3O4S/c1-16-12-13-17(31(28,29)25-23(2,3)4)14-19(16)22(27)24-15-20(26(5)6)18-10-8-9-11-21(18)30-7/h8-14,20,25H,15H2,1-7H3,(H,24,27). The molecule has 2 N–H and O–H groups in total. The summed E-state index contributed by atoms with van der Waals surface area (Å²) in [6, 6.07) is 12.1. The summed E-state index contributed by atoms with van der Waals surface area (Å²) in [5, 5.41) is 2.95. The van der Waals surface area contributed by atoms with E-state index in [0.717, 1.165) is 11.3 Å². The Labute approximate surface area is 185 Å².